The van der Waals surface area contributed by atoms with Crippen molar-refractivity contribution in [2.45, 2.75) is 51.5 Å². The number of guanidine groups is 1. The van der Waals surface area contributed by atoms with E-state index in [1.54, 1.807) is 6.92 Å². The molecular formula is C22H42N6O2. The van der Waals surface area contributed by atoms with Gasteiger partial charge in [0.05, 0.1) is 19.8 Å². The van der Waals surface area contributed by atoms with Crippen LogP contribution >= 0.6 is 0 Å². The molecule has 0 bridgehead atoms. The Balaban J connectivity index is 1.50. The minimum absolute atomic E-state index is 0.186. The van der Waals surface area contributed by atoms with Crippen molar-refractivity contribution < 1.29 is 9.53 Å². The van der Waals surface area contributed by atoms with Gasteiger partial charge >= 0.3 is 0 Å². The number of ether oxygens (including phenoxy) is 1. The van der Waals surface area contributed by atoms with Gasteiger partial charge in [-0.05, 0) is 19.8 Å². The summed E-state index contributed by atoms with van der Waals surface area (Å²) in [4.78, 5) is 23.5. The van der Waals surface area contributed by atoms with Crippen LogP contribution in [0.1, 0.15) is 46.0 Å². The monoisotopic (exact) mass is 422 g/mol. The molecule has 2 heterocycles. The van der Waals surface area contributed by atoms with Crippen LogP contribution in [-0.2, 0) is 9.53 Å². The fourth-order valence-corrected chi connectivity index (χ4v) is 5.01. The molecular weight excluding hydrogens is 380 g/mol. The first-order chi connectivity index (χ1) is 14.6. The first-order valence-corrected chi connectivity index (χ1v) is 12.0. The van der Waals surface area contributed by atoms with Crippen LogP contribution in [0, 0.1) is 0 Å². The Hall–Kier alpha value is -1.38. The van der Waals surface area contributed by atoms with Crippen LogP contribution in [0.3, 0.4) is 0 Å². The summed E-state index contributed by atoms with van der Waals surface area (Å²) in [5, 5.41) is 6.96. The third kappa shape index (κ3) is 6.56. The number of aliphatic imine (C=N–C) groups is 1. The summed E-state index contributed by atoms with van der Waals surface area (Å²) in [5.74, 6) is 1.12. The van der Waals surface area contributed by atoms with E-state index >= 15 is 0 Å². The van der Waals surface area contributed by atoms with Crippen LogP contribution in [0.2, 0.25) is 0 Å². The summed E-state index contributed by atoms with van der Waals surface area (Å²) in [7, 11) is 0. The SMILES string of the molecule is CCNC(=NCC1(N2CCOCC2)CCCCC1)NCCN1CCN(C(C)=O)CC1. The highest BCUT2D eigenvalue weighted by Gasteiger charge is 2.38. The summed E-state index contributed by atoms with van der Waals surface area (Å²) in [5.41, 5.74) is 0.202. The molecule has 3 fully saturated rings. The van der Waals surface area contributed by atoms with Crippen LogP contribution in [-0.4, -0.2) is 111 Å². The highest BCUT2D eigenvalue weighted by Crippen LogP contribution is 2.34. The lowest BCUT2D eigenvalue weighted by Gasteiger charge is -2.47. The van der Waals surface area contributed by atoms with Gasteiger partial charge in [-0.2, -0.15) is 0 Å². The van der Waals surface area contributed by atoms with E-state index in [1.807, 2.05) is 4.90 Å². The largest absolute Gasteiger partial charge is 0.379 e. The van der Waals surface area contributed by atoms with Crippen molar-refractivity contribution in [3.63, 3.8) is 0 Å². The number of nitrogens with zero attached hydrogens (tertiary/aromatic N) is 4. The van der Waals surface area contributed by atoms with Crippen LogP contribution in [0.25, 0.3) is 0 Å². The summed E-state index contributed by atoms with van der Waals surface area (Å²) >= 11 is 0. The second-order valence-electron chi connectivity index (χ2n) is 8.85. The molecule has 0 aromatic rings. The molecule has 3 rings (SSSR count). The van der Waals surface area contributed by atoms with E-state index in [-0.39, 0.29) is 11.4 Å². The molecule has 8 heteroatoms. The lowest BCUT2D eigenvalue weighted by molar-refractivity contribution is -0.130. The number of piperazine rings is 1. The zero-order valence-electron chi connectivity index (χ0n) is 19.1. The molecule has 172 valence electrons. The third-order valence-corrected chi connectivity index (χ3v) is 6.88. The van der Waals surface area contributed by atoms with E-state index < -0.39 is 0 Å². The summed E-state index contributed by atoms with van der Waals surface area (Å²) in [6.45, 7) is 14.7. The Morgan fingerprint density at radius 1 is 1.00 bits per heavy atom. The maximum Gasteiger partial charge on any atom is 0.219 e. The molecule has 0 aromatic carbocycles. The van der Waals surface area contributed by atoms with Gasteiger partial charge in [-0.15, -0.1) is 0 Å². The normalized spacial score (nSPS) is 23.9. The van der Waals surface area contributed by atoms with Crippen molar-refractivity contribution in [3.8, 4) is 0 Å². The fraction of sp³-hybridized carbons (Fsp3) is 0.909. The van der Waals surface area contributed by atoms with Gasteiger partial charge in [0, 0.05) is 71.4 Å². The second-order valence-corrected chi connectivity index (χ2v) is 8.85. The first-order valence-electron chi connectivity index (χ1n) is 12.0. The predicted molar refractivity (Wildman–Crippen MR) is 121 cm³/mol. The summed E-state index contributed by atoms with van der Waals surface area (Å²) in [6.07, 6.45) is 6.46. The molecule has 2 saturated heterocycles. The minimum atomic E-state index is 0.186. The van der Waals surface area contributed by atoms with E-state index in [2.05, 4.69) is 27.4 Å². The van der Waals surface area contributed by atoms with Gasteiger partial charge in [-0.25, -0.2) is 0 Å². The van der Waals surface area contributed by atoms with Gasteiger partial charge < -0.3 is 20.3 Å². The molecule has 0 radical (unpaired) electrons. The fourth-order valence-electron chi connectivity index (χ4n) is 5.01. The number of carbonyl (C=O) groups is 1. The molecule has 0 unspecified atom stereocenters. The van der Waals surface area contributed by atoms with Gasteiger partial charge in [0.25, 0.3) is 0 Å². The van der Waals surface area contributed by atoms with E-state index in [1.165, 1.54) is 32.1 Å². The number of rotatable bonds is 7. The van der Waals surface area contributed by atoms with E-state index in [0.717, 1.165) is 84.6 Å². The number of morpholine rings is 1. The number of hydrogen-bond acceptors (Lipinski definition) is 5. The quantitative estimate of drug-likeness (QED) is 0.466. The van der Waals surface area contributed by atoms with Crippen molar-refractivity contribution in [3.05, 3.63) is 0 Å². The van der Waals surface area contributed by atoms with E-state index in [4.69, 9.17) is 9.73 Å². The van der Waals surface area contributed by atoms with Crippen LogP contribution in [0.4, 0.5) is 0 Å². The Kier molecular flexibility index (Phi) is 9.21. The van der Waals surface area contributed by atoms with Crippen LogP contribution in [0.15, 0.2) is 4.99 Å². The van der Waals surface area contributed by atoms with Gasteiger partial charge in [-0.3, -0.25) is 19.6 Å². The summed E-state index contributed by atoms with van der Waals surface area (Å²) in [6, 6.07) is 0. The molecule has 0 aromatic heterocycles. The molecule has 1 saturated carbocycles. The van der Waals surface area contributed by atoms with Gasteiger partial charge in [0.15, 0.2) is 5.96 Å². The lowest BCUT2D eigenvalue weighted by atomic mass is 9.80. The maximum atomic E-state index is 11.5. The summed E-state index contributed by atoms with van der Waals surface area (Å²) < 4.78 is 5.60. The zero-order chi connectivity index (χ0) is 21.2. The molecule has 3 aliphatic rings. The molecule has 1 amide bonds. The van der Waals surface area contributed by atoms with E-state index in [0.29, 0.717) is 0 Å². The highest BCUT2D eigenvalue weighted by molar-refractivity contribution is 5.79. The zero-order valence-corrected chi connectivity index (χ0v) is 19.1. The average Bonchev–Trinajstić information content (AvgIpc) is 2.79. The molecule has 0 atom stereocenters. The number of hydrogen-bond donors (Lipinski definition) is 2. The Labute approximate surface area is 182 Å². The molecule has 0 spiro atoms. The molecule has 2 aliphatic heterocycles. The standard InChI is InChI=1S/C22H42N6O2/c1-3-23-21(24-9-10-26-11-13-27(14-12-26)20(2)29)25-19-22(7-5-4-6-8-22)28-15-17-30-18-16-28/h3-19H2,1-2H3,(H2,23,24,25). The van der Waals surface area contributed by atoms with Crippen molar-refractivity contribution in [2.24, 2.45) is 4.99 Å². The number of carbonyl (C=O) groups excluding carboxylic acids is 1. The average molecular weight is 423 g/mol. The van der Waals surface area contributed by atoms with Gasteiger partial charge in [0.1, 0.15) is 0 Å². The number of amides is 1. The maximum absolute atomic E-state index is 11.5. The Morgan fingerprint density at radius 3 is 2.33 bits per heavy atom. The smallest absolute Gasteiger partial charge is 0.219 e. The molecule has 2 N–H and O–H groups in total. The number of nitrogens with one attached hydrogen (secondary N) is 2. The van der Waals surface area contributed by atoms with Gasteiger partial charge in [0.2, 0.25) is 5.91 Å². The first kappa shape index (κ1) is 23.3. The predicted octanol–water partition coefficient (Wildman–Crippen LogP) is 0.741. The topological polar surface area (TPSA) is 72.4 Å². The Bertz CT molecular complexity index is 550. The van der Waals surface area contributed by atoms with Gasteiger partial charge in [-0.1, -0.05) is 19.3 Å². The van der Waals surface area contributed by atoms with Crippen molar-refractivity contribution in [2.75, 3.05) is 78.7 Å². The van der Waals surface area contributed by atoms with Crippen molar-refractivity contribution in [1.82, 2.24) is 25.3 Å². The van der Waals surface area contributed by atoms with Crippen LogP contribution < -0.4 is 10.6 Å². The molecule has 30 heavy (non-hydrogen) atoms. The van der Waals surface area contributed by atoms with Crippen molar-refractivity contribution in [1.29, 1.82) is 0 Å². The Morgan fingerprint density at radius 2 is 1.70 bits per heavy atom. The highest BCUT2D eigenvalue weighted by atomic mass is 16.5. The molecule has 1 aliphatic carbocycles. The van der Waals surface area contributed by atoms with Crippen LogP contribution in [0.5, 0.6) is 0 Å². The van der Waals surface area contributed by atoms with E-state index in [9.17, 15) is 4.79 Å². The van der Waals surface area contributed by atoms with Crippen molar-refractivity contribution >= 4 is 11.9 Å². The third-order valence-electron chi connectivity index (χ3n) is 6.88. The lowest BCUT2D eigenvalue weighted by Crippen LogP contribution is -2.56. The second kappa shape index (κ2) is 11.9. The molecule has 8 nitrogen and oxygen atoms in total. The minimum Gasteiger partial charge on any atom is -0.379 e.